The van der Waals surface area contributed by atoms with Crippen LogP contribution in [-0.4, -0.2) is 0 Å². The first-order chi connectivity index (χ1) is 6.92. The van der Waals surface area contributed by atoms with Gasteiger partial charge >= 0.3 is 0 Å². The van der Waals surface area contributed by atoms with Crippen LogP contribution in [0.5, 0.6) is 0 Å². The van der Waals surface area contributed by atoms with Crippen LogP contribution in [0.2, 0.25) is 0 Å². The molecule has 3 aliphatic carbocycles. The van der Waals surface area contributed by atoms with Gasteiger partial charge in [0.15, 0.2) is 0 Å². The van der Waals surface area contributed by atoms with Crippen molar-refractivity contribution in [3.8, 4) is 0 Å². The van der Waals surface area contributed by atoms with Gasteiger partial charge in [0.1, 0.15) is 0 Å². The molecule has 0 aliphatic heterocycles. The van der Waals surface area contributed by atoms with Crippen LogP contribution >= 0.6 is 0 Å². The van der Waals surface area contributed by atoms with Crippen molar-refractivity contribution >= 4 is 0 Å². The Kier molecular flexibility index (Phi) is 2.34. The molecule has 80 valence electrons. The van der Waals surface area contributed by atoms with Gasteiger partial charge in [0.2, 0.25) is 0 Å². The zero-order chi connectivity index (χ0) is 9.43. The fourth-order valence-corrected chi connectivity index (χ4v) is 4.67. The molecule has 0 amide bonds. The van der Waals surface area contributed by atoms with Crippen molar-refractivity contribution in [3.05, 3.63) is 0 Å². The lowest BCUT2D eigenvalue weighted by atomic mass is 9.58. The minimum atomic E-state index is 0.870. The van der Waals surface area contributed by atoms with Crippen LogP contribution in [0.3, 0.4) is 0 Å². The third kappa shape index (κ3) is 1.26. The van der Waals surface area contributed by atoms with E-state index in [0.29, 0.717) is 0 Å². The van der Waals surface area contributed by atoms with E-state index >= 15 is 0 Å². The van der Waals surface area contributed by atoms with E-state index in [1.54, 1.807) is 70.6 Å². The molecule has 0 spiro atoms. The number of hydrogen-bond donors (Lipinski definition) is 0. The largest absolute Gasteiger partial charge is 0.0530 e. The highest BCUT2D eigenvalue weighted by Gasteiger charge is 2.48. The first-order valence-electron chi connectivity index (χ1n) is 6.92. The van der Waals surface area contributed by atoms with Crippen molar-refractivity contribution in [1.82, 2.24) is 0 Å². The molecule has 0 N–H and O–H groups in total. The molecule has 14 heavy (non-hydrogen) atoms. The summed E-state index contributed by atoms with van der Waals surface area (Å²) in [4.78, 5) is 0. The van der Waals surface area contributed by atoms with Crippen LogP contribution in [0.15, 0.2) is 0 Å². The molecule has 0 aromatic heterocycles. The Morgan fingerprint density at radius 2 is 1.07 bits per heavy atom. The van der Waals surface area contributed by atoms with Crippen LogP contribution < -0.4 is 0 Å². The van der Waals surface area contributed by atoms with Gasteiger partial charge in [0.05, 0.1) is 0 Å². The summed E-state index contributed by atoms with van der Waals surface area (Å²) in [7, 11) is 0. The minimum absolute atomic E-state index is 0.870. The van der Waals surface area contributed by atoms with Crippen LogP contribution in [0, 0.1) is 17.3 Å². The fourth-order valence-electron chi connectivity index (χ4n) is 4.67. The van der Waals surface area contributed by atoms with E-state index < -0.39 is 0 Å². The van der Waals surface area contributed by atoms with E-state index in [2.05, 4.69) is 0 Å². The maximum absolute atomic E-state index is 1.60. The zero-order valence-electron chi connectivity index (χ0n) is 9.43. The van der Waals surface area contributed by atoms with E-state index in [9.17, 15) is 0 Å². The first kappa shape index (κ1) is 9.24. The van der Waals surface area contributed by atoms with Gasteiger partial charge in [-0.3, -0.25) is 0 Å². The van der Waals surface area contributed by atoms with Crippen molar-refractivity contribution < 1.29 is 0 Å². The second-order valence-corrected chi connectivity index (χ2v) is 6.05. The second-order valence-electron chi connectivity index (χ2n) is 6.05. The van der Waals surface area contributed by atoms with Crippen LogP contribution in [0.1, 0.15) is 70.6 Å². The lowest BCUT2D eigenvalue weighted by Crippen LogP contribution is -2.38. The van der Waals surface area contributed by atoms with Gasteiger partial charge in [0.25, 0.3) is 0 Å². The Hall–Kier alpha value is 0. The van der Waals surface area contributed by atoms with E-state index in [1.165, 1.54) is 0 Å². The molecule has 0 atom stereocenters. The SMILES string of the molecule is C1CCC(C2(C3CCC3)CCCC2)C1. The summed E-state index contributed by atoms with van der Waals surface area (Å²) in [6.45, 7) is 0. The summed E-state index contributed by atoms with van der Waals surface area (Å²) >= 11 is 0. The summed E-state index contributed by atoms with van der Waals surface area (Å²) in [6, 6.07) is 0. The zero-order valence-corrected chi connectivity index (χ0v) is 9.43. The molecule has 0 nitrogen and oxygen atoms in total. The van der Waals surface area contributed by atoms with E-state index in [0.717, 1.165) is 17.3 Å². The molecule has 0 heteroatoms. The van der Waals surface area contributed by atoms with Gasteiger partial charge in [-0.15, -0.1) is 0 Å². The summed E-state index contributed by atoms with van der Waals surface area (Å²) in [5, 5.41) is 0. The van der Waals surface area contributed by atoms with E-state index in [4.69, 9.17) is 0 Å². The third-order valence-electron chi connectivity index (χ3n) is 5.62. The lowest BCUT2D eigenvalue weighted by Gasteiger charge is -2.47. The molecule has 0 aromatic carbocycles. The number of rotatable bonds is 2. The van der Waals surface area contributed by atoms with Crippen molar-refractivity contribution in [3.63, 3.8) is 0 Å². The van der Waals surface area contributed by atoms with Gasteiger partial charge in [-0.1, -0.05) is 32.1 Å². The highest BCUT2D eigenvalue weighted by molar-refractivity contribution is 4.99. The summed E-state index contributed by atoms with van der Waals surface area (Å²) in [5.41, 5.74) is 0.870. The maximum atomic E-state index is 1.60. The van der Waals surface area contributed by atoms with Crippen molar-refractivity contribution in [2.24, 2.45) is 17.3 Å². The second kappa shape index (κ2) is 3.54. The smallest absolute Gasteiger partial charge is 0.0241 e. The van der Waals surface area contributed by atoms with Gasteiger partial charge in [0, 0.05) is 0 Å². The monoisotopic (exact) mass is 192 g/mol. The van der Waals surface area contributed by atoms with Crippen molar-refractivity contribution in [2.75, 3.05) is 0 Å². The fraction of sp³-hybridized carbons (Fsp3) is 1.00. The van der Waals surface area contributed by atoms with Gasteiger partial charge in [-0.25, -0.2) is 0 Å². The quantitative estimate of drug-likeness (QED) is 0.602. The van der Waals surface area contributed by atoms with E-state index in [-0.39, 0.29) is 0 Å². The Morgan fingerprint density at radius 1 is 0.571 bits per heavy atom. The highest BCUT2D eigenvalue weighted by Crippen LogP contribution is 2.59. The van der Waals surface area contributed by atoms with Crippen LogP contribution in [0.25, 0.3) is 0 Å². The lowest BCUT2D eigenvalue weighted by molar-refractivity contribution is 0.0265. The van der Waals surface area contributed by atoms with Crippen LogP contribution in [0.4, 0.5) is 0 Å². The predicted molar refractivity (Wildman–Crippen MR) is 60.2 cm³/mol. The molecule has 0 saturated heterocycles. The number of hydrogen-bond acceptors (Lipinski definition) is 0. The predicted octanol–water partition coefficient (Wildman–Crippen LogP) is 4.54. The topological polar surface area (TPSA) is 0 Å². The van der Waals surface area contributed by atoms with Crippen molar-refractivity contribution in [1.29, 1.82) is 0 Å². The molecule has 0 radical (unpaired) electrons. The normalized spacial score (nSPS) is 33.4. The molecule has 0 heterocycles. The Morgan fingerprint density at radius 3 is 1.50 bits per heavy atom. The highest BCUT2D eigenvalue weighted by atomic mass is 14.5. The van der Waals surface area contributed by atoms with E-state index in [1.807, 2.05) is 0 Å². The average molecular weight is 192 g/mol. The molecule has 3 rings (SSSR count). The standard InChI is InChI=1S/C14H24/c1-2-7-12(6-1)14(10-3-4-11-14)13-8-5-9-13/h12-13H,1-11H2. The van der Waals surface area contributed by atoms with Gasteiger partial charge < -0.3 is 0 Å². The molecule has 0 unspecified atom stereocenters. The molecular weight excluding hydrogens is 168 g/mol. The molecule has 3 fully saturated rings. The minimum Gasteiger partial charge on any atom is -0.0530 e. The molecule has 3 aliphatic rings. The van der Waals surface area contributed by atoms with Gasteiger partial charge in [-0.2, -0.15) is 0 Å². The summed E-state index contributed by atoms with van der Waals surface area (Å²) < 4.78 is 0. The maximum Gasteiger partial charge on any atom is -0.0241 e. The first-order valence-corrected chi connectivity index (χ1v) is 6.92. The Bertz CT molecular complexity index is 190. The Balaban J connectivity index is 1.78. The average Bonchev–Trinajstić information content (AvgIpc) is 2.68. The molecular formula is C14H24. The molecule has 0 bridgehead atoms. The van der Waals surface area contributed by atoms with Gasteiger partial charge in [-0.05, 0) is 55.8 Å². The summed E-state index contributed by atoms with van der Waals surface area (Å²) in [5.74, 6) is 2.31. The Labute approximate surface area is 88.5 Å². The molecule has 3 saturated carbocycles. The third-order valence-corrected chi connectivity index (χ3v) is 5.62. The summed E-state index contributed by atoms with van der Waals surface area (Å²) in [6.07, 6.45) is 17.2. The van der Waals surface area contributed by atoms with Crippen LogP contribution in [-0.2, 0) is 0 Å². The molecule has 0 aromatic rings. The van der Waals surface area contributed by atoms with Crippen molar-refractivity contribution in [2.45, 2.75) is 70.6 Å².